The highest BCUT2D eigenvalue weighted by Crippen LogP contribution is 2.35. The molecule has 1 saturated heterocycles. The summed E-state index contributed by atoms with van der Waals surface area (Å²) >= 11 is 5.60. The number of piperidine rings is 1. The van der Waals surface area contributed by atoms with Crippen LogP contribution in [0.2, 0.25) is 0 Å². The van der Waals surface area contributed by atoms with E-state index in [-0.39, 0.29) is 30.2 Å². The molecule has 2 aliphatic rings. The fourth-order valence-corrected chi connectivity index (χ4v) is 3.39. The van der Waals surface area contributed by atoms with E-state index < -0.39 is 5.66 Å². The zero-order valence-electron chi connectivity index (χ0n) is 14.3. The van der Waals surface area contributed by atoms with Crippen LogP contribution < -0.4 is 11.1 Å². The van der Waals surface area contributed by atoms with Gasteiger partial charge in [0.05, 0.1) is 12.2 Å². The molecule has 3 N–H and O–H groups in total. The number of amides is 1. The summed E-state index contributed by atoms with van der Waals surface area (Å²) in [6.07, 6.45) is 2.44. The second-order valence-electron chi connectivity index (χ2n) is 6.31. The van der Waals surface area contributed by atoms with Crippen molar-refractivity contribution < 1.29 is 13.9 Å². The molecule has 1 aromatic rings. The van der Waals surface area contributed by atoms with E-state index in [0.717, 1.165) is 12.8 Å². The smallest absolute Gasteiger partial charge is 0.409 e. The van der Waals surface area contributed by atoms with Crippen LogP contribution in [0, 0.1) is 5.82 Å². The third-order valence-electron chi connectivity index (χ3n) is 4.57. The number of rotatable bonds is 4. The topological polar surface area (TPSA) is 80.0 Å². The highest BCUT2D eigenvalue weighted by Gasteiger charge is 2.39. The maximum atomic E-state index is 13.9. The lowest BCUT2D eigenvalue weighted by molar-refractivity contribution is 0.0856. The van der Waals surface area contributed by atoms with E-state index in [1.807, 2.05) is 0 Å². The number of fused-ring (bicyclic) bond motifs is 1. The first-order chi connectivity index (χ1) is 12.0. The number of unbranched alkanes of at least 4 members (excludes halogenated alkanes) is 1. The lowest BCUT2D eigenvalue weighted by atomic mass is 9.94. The molecule has 26 heavy (non-hydrogen) atoms. The number of benzene rings is 1. The second kappa shape index (κ2) is 8.77. The number of hydrogen-bond donors (Lipinski definition) is 2. The molecular weight excluding hydrogens is 382 g/mol. The van der Waals surface area contributed by atoms with E-state index in [2.05, 4.69) is 10.3 Å². The van der Waals surface area contributed by atoms with Gasteiger partial charge in [-0.3, -0.25) is 0 Å². The molecule has 0 bridgehead atoms. The first-order valence-corrected chi connectivity index (χ1v) is 8.98. The molecule has 0 atom stereocenters. The zero-order chi connectivity index (χ0) is 17.9. The number of carbonyl (C=O) groups is 1. The standard InChI is InChI=1S/C17H22ClFN4O2.ClH/c18-8-1-2-11-25-16(24)23-9-6-17(7-10-23)21-13-5-3-4-12(19)14(13)15(20)22-17;/h3-5,21H,1-2,6-11H2,(H2,20,22);1H. The van der Waals surface area contributed by atoms with Crippen molar-refractivity contribution in [2.45, 2.75) is 31.3 Å². The SMILES string of the molecule is Cl.NC1=NC2(CCN(C(=O)OCCCCCl)CC2)Nc2cccc(F)c21. The van der Waals surface area contributed by atoms with Gasteiger partial charge in [0.15, 0.2) is 0 Å². The number of carbonyl (C=O) groups excluding carboxylic acids is 1. The van der Waals surface area contributed by atoms with Gasteiger partial charge in [-0.25, -0.2) is 14.2 Å². The van der Waals surface area contributed by atoms with Gasteiger partial charge in [0.25, 0.3) is 0 Å². The van der Waals surface area contributed by atoms with Crippen LogP contribution in [0.25, 0.3) is 0 Å². The molecule has 1 spiro atoms. The molecule has 0 aliphatic carbocycles. The number of nitrogens with one attached hydrogen (secondary N) is 1. The third kappa shape index (κ3) is 4.32. The number of alkyl halides is 1. The van der Waals surface area contributed by atoms with Crippen LogP contribution in [0.5, 0.6) is 0 Å². The maximum Gasteiger partial charge on any atom is 0.409 e. The van der Waals surface area contributed by atoms with E-state index in [1.165, 1.54) is 6.07 Å². The van der Waals surface area contributed by atoms with Crippen molar-refractivity contribution in [1.82, 2.24) is 4.90 Å². The molecular formula is C17H23Cl2FN4O2. The Morgan fingerprint density at radius 3 is 2.81 bits per heavy atom. The van der Waals surface area contributed by atoms with Crippen LogP contribution >= 0.6 is 24.0 Å². The number of nitrogens with zero attached hydrogens (tertiary/aromatic N) is 2. The first-order valence-electron chi connectivity index (χ1n) is 8.45. The molecule has 2 aliphatic heterocycles. The van der Waals surface area contributed by atoms with Crippen molar-refractivity contribution in [2.24, 2.45) is 10.7 Å². The minimum atomic E-state index is -0.597. The van der Waals surface area contributed by atoms with E-state index in [9.17, 15) is 9.18 Å². The number of halogens is 3. The molecule has 3 rings (SSSR count). The lowest BCUT2D eigenvalue weighted by Crippen LogP contribution is -2.52. The van der Waals surface area contributed by atoms with Gasteiger partial charge in [0, 0.05) is 37.5 Å². The number of likely N-dealkylation sites (tertiary alicyclic amines) is 1. The van der Waals surface area contributed by atoms with Gasteiger partial charge in [0.2, 0.25) is 0 Å². The van der Waals surface area contributed by atoms with Gasteiger partial charge >= 0.3 is 6.09 Å². The largest absolute Gasteiger partial charge is 0.449 e. The summed E-state index contributed by atoms with van der Waals surface area (Å²) in [6, 6.07) is 4.80. The normalized spacial score (nSPS) is 17.6. The molecule has 9 heteroatoms. The summed E-state index contributed by atoms with van der Waals surface area (Å²) in [4.78, 5) is 18.3. The Balaban J connectivity index is 0.00000243. The number of ether oxygens (including phenoxy) is 1. The first kappa shape index (κ1) is 20.6. The fourth-order valence-electron chi connectivity index (χ4n) is 3.20. The highest BCUT2D eigenvalue weighted by molar-refractivity contribution is 6.17. The van der Waals surface area contributed by atoms with Gasteiger partial charge < -0.3 is 20.7 Å². The Bertz CT molecular complexity index is 679. The Kier molecular flexibility index (Phi) is 6.94. The number of amidine groups is 1. The monoisotopic (exact) mass is 404 g/mol. The predicted molar refractivity (Wildman–Crippen MR) is 103 cm³/mol. The van der Waals surface area contributed by atoms with Crippen molar-refractivity contribution in [1.29, 1.82) is 0 Å². The average Bonchev–Trinajstić information content (AvgIpc) is 2.59. The Hall–Kier alpha value is -1.73. The number of hydrogen-bond acceptors (Lipinski definition) is 5. The van der Waals surface area contributed by atoms with Crippen LogP contribution in [-0.4, -0.2) is 48.1 Å². The molecule has 144 valence electrons. The molecule has 2 heterocycles. The van der Waals surface area contributed by atoms with Crippen LogP contribution in [-0.2, 0) is 4.74 Å². The summed E-state index contributed by atoms with van der Waals surface area (Å²) in [5.41, 5.74) is 6.36. The summed E-state index contributed by atoms with van der Waals surface area (Å²) in [5.74, 6) is 0.375. The summed E-state index contributed by atoms with van der Waals surface area (Å²) in [6.45, 7) is 1.38. The van der Waals surface area contributed by atoms with Crippen LogP contribution in [0.15, 0.2) is 23.2 Å². The van der Waals surface area contributed by atoms with E-state index >= 15 is 0 Å². The Morgan fingerprint density at radius 2 is 2.12 bits per heavy atom. The molecule has 1 fully saturated rings. The molecule has 0 aromatic heterocycles. The van der Waals surface area contributed by atoms with Gasteiger partial charge in [-0.15, -0.1) is 24.0 Å². The van der Waals surface area contributed by atoms with Crippen molar-refractivity contribution >= 4 is 41.6 Å². The molecule has 6 nitrogen and oxygen atoms in total. The zero-order valence-corrected chi connectivity index (χ0v) is 15.9. The molecule has 0 unspecified atom stereocenters. The van der Waals surface area contributed by atoms with Gasteiger partial charge in [-0.1, -0.05) is 6.07 Å². The minimum Gasteiger partial charge on any atom is -0.449 e. The average molecular weight is 405 g/mol. The lowest BCUT2D eigenvalue weighted by Gasteiger charge is -2.42. The van der Waals surface area contributed by atoms with Gasteiger partial charge in [-0.05, 0) is 25.0 Å². The quantitative estimate of drug-likeness (QED) is 0.595. The summed E-state index contributed by atoms with van der Waals surface area (Å²) in [7, 11) is 0. The van der Waals surface area contributed by atoms with E-state index in [1.54, 1.807) is 17.0 Å². The van der Waals surface area contributed by atoms with Crippen LogP contribution in [0.3, 0.4) is 0 Å². The molecule has 1 amide bonds. The van der Waals surface area contributed by atoms with Crippen molar-refractivity contribution in [3.63, 3.8) is 0 Å². The van der Waals surface area contributed by atoms with Gasteiger partial charge in [-0.2, -0.15) is 0 Å². The predicted octanol–water partition coefficient (Wildman–Crippen LogP) is 3.33. The van der Waals surface area contributed by atoms with Crippen molar-refractivity contribution in [2.75, 3.05) is 30.9 Å². The minimum absolute atomic E-state index is 0. The fraction of sp³-hybridized carbons (Fsp3) is 0.529. The Morgan fingerprint density at radius 1 is 1.38 bits per heavy atom. The Labute approximate surface area is 163 Å². The number of anilines is 1. The molecule has 1 aromatic carbocycles. The molecule has 0 radical (unpaired) electrons. The van der Waals surface area contributed by atoms with E-state index in [0.29, 0.717) is 49.7 Å². The second-order valence-corrected chi connectivity index (χ2v) is 6.69. The van der Waals surface area contributed by atoms with Gasteiger partial charge in [0.1, 0.15) is 17.3 Å². The molecule has 0 saturated carbocycles. The number of aliphatic imine (C=N–C) groups is 1. The highest BCUT2D eigenvalue weighted by atomic mass is 35.5. The summed E-state index contributed by atoms with van der Waals surface area (Å²) in [5, 5.41) is 3.30. The van der Waals surface area contributed by atoms with Crippen molar-refractivity contribution in [3.05, 3.63) is 29.6 Å². The third-order valence-corrected chi connectivity index (χ3v) is 4.84. The van der Waals surface area contributed by atoms with E-state index in [4.69, 9.17) is 22.1 Å². The number of nitrogens with two attached hydrogens (primary N) is 1. The van der Waals surface area contributed by atoms with Crippen molar-refractivity contribution in [3.8, 4) is 0 Å². The summed E-state index contributed by atoms with van der Waals surface area (Å²) < 4.78 is 19.2. The van der Waals surface area contributed by atoms with Crippen LogP contribution in [0.1, 0.15) is 31.2 Å². The maximum absolute atomic E-state index is 13.9. The van der Waals surface area contributed by atoms with Crippen LogP contribution in [0.4, 0.5) is 14.9 Å².